The van der Waals surface area contributed by atoms with Crippen LogP contribution in [-0.4, -0.2) is 18.6 Å². The van der Waals surface area contributed by atoms with Crippen molar-refractivity contribution in [1.82, 2.24) is 4.98 Å². The fraction of sp³-hybridized carbons (Fsp3) is 0.300. The maximum atomic E-state index is 5.88. The molecule has 4 heteroatoms. The van der Waals surface area contributed by atoms with Crippen LogP contribution in [0.5, 0.6) is 0 Å². The summed E-state index contributed by atoms with van der Waals surface area (Å²) in [5, 5.41) is 0.588. The van der Waals surface area contributed by atoms with Crippen molar-refractivity contribution < 1.29 is 0 Å². The molecule has 1 aromatic heterocycles. The molecular weight excluding hydrogens is 198 g/mol. The van der Waals surface area contributed by atoms with Crippen LogP contribution < -0.4 is 10.6 Å². The molecular formula is C10H12ClN3. The summed E-state index contributed by atoms with van der Waals surface area (Å²) in [7, 11) is 1.87. The minimum Gasteiger partial charge on any atom is -0.349 e. The van der Waals surface area contributed by atoms with E-state index in [1.165, 1.54) is 0 Å². The average Bonchev–Trinajstić information content (AvgIpc) is 2.19. The monoisotopic (exact) mass is 209 g/mol. The van der Waals surface area contributed by atoms with E-state index in [4.69, 9.17) is 23.8 Å². The first-order valence-electron chi connectivity index (χ1n) is 4.18. The van der Waals surface area contributed by atoms with E-state index < -0.39 is 0 Å². The van der Waals surface area contributed by atoms with E-state index in [0.29, 0.717) is 18.1 Å². The van der Waals surface area contributed by atoms with E-state index in [9.17, 15) is 0 Å². The van der Waals surface area contributed by atoms with Gasteiger partial charge in [0.05, 0.1) is 11.6 Å². The van der Waals surface area contributed by atoms with Gasteiger partial charge in [0.1, 0.15) is 5.82 Å². The number of hydrogen-bond donors (Lipinski definition) is 1. The zero-order chi connectivity index (χ0) is 10.6. The Morgan fingerprint density at radius 2 is 2.43 bits per heavy atom. The highest BCUT2D eigenvalue weighted by molar-refractivity contribution is 6.31. The fourth-order valence-corrected chi connectivity index (χ4v) is 1.23. The Balaban J connectivity index is 2.95. The second-order valence-corrected chi connectivity index (χ2v) is 3.31. The molecule has 0 aliphatic heterocycles. The van der Waals surface area contributed by atoms with Crippen LogP contribution in [0.2, 0.25) is 5.02 Å². The maximum Gasteiger partial charge on any atom is 0.129 e. The quantitative estimate of drug-likeness (QED) is 0.763. The van der Waals surface area contributed by atoms with Crippen LogP contribution in [-0.2, 0) is 6.54 Å². The van der Waals surface area contributed by atoms with Crippen molar-refractivity contribution in [2.75, 3.05) is 18.5 Å². The van der Waals surface area contributed by atoms with Crippen LogP contribution in [0.1, 0.15) is 5.56 Å². The molecule has 2 N–H and O–H groups in total. The first-order chi connectivity index (χ1) is 6.69. The highest BCUT2D eigenvalue weighted by Crippen LogP contribution is 2.18. The topological polar surface area (TPSA) is 42.1 Å². The summed E-state index contributed by atoms with van der Waals surface area (Å²) < 4.78 is 0. The van der Waals surface area contributed by atoms with E-state index in [0.717, 1.165) is 11.4 Å². The lowest BCUT2D eigenvalue weighted by atomic mass is 10.2. The first-order valence-corrected chi connectivity index (χ1v) is 4.56. The molecule has 74 valence electrons. The Morgan fingerprint density at radius 1 is 1.71 bits per heavy atom. The molecule has 0 aliphatic rings. The van der Waals surface area contributed by atoms with Crippen LogP contribution in [0, 0.1) is 12.3 Å². The number of aromatic nitrogens is 1. The van der Waals surface area contributed by atoms with E-state index >= 15 is 0 Å². The van der Waals surface area contributed by atoms with Gasteiger partial charge in [-0.2, -0.15) is 0 Å². The lowest BCUT2D eigenvalue weighted by molar-refractivity contribution is 0.985. The Hall–Kier alpha value is -1.24. The van der Waals surface area contributed by atoms with Crippen molar-refractivity contribution in [2.45, 2.75) is 6.54 Å². The summed E-state index contributed by atoms with van der Waals surface area (Å²) in [4.78, 5) is 6.00. The number of halogens is 1. The molecule has 0 unspecified atom stereocenters. The Kier molecular flexibility index (Phi) is 3.75. The third-order valence-corrected chi connectivity index (χ3v) is 2.20. The molecule has 1 heterocycles. The van der Waals surface area contributed by atoms with E-state index in [1.807, 2.05) is 18.0 Å². The molecule has 0 radical (unpaired) electrons. The Morgan fingerprint density at radius 3 is 3.00 bits per heavy atom. The van der Waals surface area contributed by atoms with Crippen molar-refractivity contribution in [3.05, 3.63) is 22.8 Å². The molecule has 0 bridgehead atoms. The highest BCUT2D eigenvalue weighted by atomic mass is 35.5. The van der Waals surface area contributed by atoms with Gasteiger partial charge in [-0.1, -0.05) is 17.5 Å². The summed E-state index contributed by atoms with van der Waals surface area (Å²) in [6.07, 6.45) is 6.79. The van der Waals surface area contributed by atoms with Crippen molar-refractivity contribution in [3.8, 4) is 12.3 Å². The number of terminal acetylenes is 1. The van der Waals surface area contributed by atoms with Crippen LogP contribution in [0.4, 0.5) is 5.82 Å². The second-order valence-electron chi connectivity index (χ2n) is 2.90. The fourth-order valence-electron chi connectivity index (χ4n) is 1.05. The van der Waals surface area contributed by atoms with Gasteiger partial charge < -0.3 is 10.6 Å². The number of nitrogens with two attached hydrogens (primary N) is 1. The standard InChI is InChI=1S/C10H12ClN3/c1-3-4-14(2)10-5-8(6-12)9(11)7-13-10/h1,5,7H,4,6,12H2,2H3. The van der Waals surface area contributed by atoms with Gasteiger partial charge >= 0.3 is 0 Å². The molecule has 0 spiro atoms. The Bertz CT molecular complexity index is 357. The molecule has 1 rings (SSSR count). The predicted octanol–water partition coefficient (Wildman–Crippen LogP) is 1.26. The number of hydrogen-bond acceptors (Lipinski definition) is 3. The molecule has 3 nitrogen and oxygen atoms in total. The molecule has 0 aliphatic carbocycles. The minimum absolute atomic E-state index is 0.401. The minimum atomic E-state index is 0.401. The third kappa shape index (κ3) is 2.38. The zero-order valence-corrected chi connectivity index (χ0v) is 8.75. The van der Waals surface area contributed by atoms with Gasteiger partial charge in [0.15, 0.2) is 0 Å². The van der Waals surface area contributed by atoms with E-state index in [-0.39, 0.29) is 0 Å². The normalized spacial score (nSPS) is 9.57. The number of anilines is 1. The lowest BCUT2D eigenvalue weighted by Gasteiger charge is -2.15. The van der Waals surface area contributed by atoms with E-state index in [1.54, 1.807) is 6.20 Å². The molecule has 0 aromatic carbocycles. The summed E-state index contributed by atoms with van der Waals surface area (Å²) in [6.45, 7) is 0.914. The molecule has 0 amide bonds. The highest BCUT2D eigenvalue weighted by Gasteiger charge is 2.04. The SMILES string of the molecule is C#CCN(C)c1cc(CN)c(Cl)cn1. The molecule has 1 aromatic rings. The van der Waals surface area contributed by atoms with Crippen molar-refractivity contribution in [3.63, 3.8) is 0 Å². The zero-order valence-electron chi connectivity index (χ0n) is 8.00. The van der Waals surface area contributed by atoms with Crippen molar-refractivity contribution in [1.29, 1.82) is 0 Å². The molecule has 0 saturated carbocycles. The molecule has 0 atom stereocenters. The van der Waals surface area contributed by atoms with Gasteiger partial charge in [-0.3, -0.25) is 0 Å². The van der Waals surface area contributed by atoms with E-state index in [2.05, 4.69) is 10.9 Å². The van der Waals surface area contributed by atoms with Gasteiger partial charge in [-0.25, -0.2) is 4.98 Å². The van der Waals surface area contributed by atoms with Gasteiger partial charge in [0.2, 0.25) is 0 Å². The van der Waals surface area contributed by atoms with Crippen LogP contribution in [0.15, 0.2) is 12.3 Å². The van der Waals surface area contributed by atoms with Gasteiger partial charge in [0.25, 0.3) is 0 Å². The van der Waals surface area contributed by atoms with Gasteiger partial charge in [-0.15, -0.1) is 6.42 Å². The number of rotatable bonds is 3. The summed E-state index contributed by atoms with van der Waals surface area (Å²) in [5.74, 6) is 3.32. The van der Waals surface area contributed by atoms with Gasteiger partial charge in [0, 0.05) is 19.8 Å². The first kappa shape index (κ1) is 10.8. The maximum absolute atomic E-state index is 5.88. The summed E-state index contributed by atoms with van der Waals surface area (Å²) >= 11 is 5.88. The van der Waals surface area contributed by atoms with Crippen molar-refractivity contribution in [2.24, 2.45) is 5.73 Å². The predicted molar refractivity (Wildman–Crippen MR) is 59.2 cm³/mol. The smallest absolute Gasteiger partial charge is 0.129 e. The summed E-state index contributed by atoms with van der Waals surface area (Å²) in [6, 6.07) is 1.85. The molecule has 0 saturated heterocycles. The Labute approximate surface area is 88.9 Å². The van der Waals surface area contributed by atoms with Crippen LogP contribution in [0.25, 0.3) is 0 Å². The van der Waals surface area contributed by atoms with Gasteiger partial charge in [-0.05, 0) is 11.6 Å². The van der Waals surface area contributed by atoms with Crippen LogP contribution in [0.3, 0.4) is 0 Å². The molecule has 0 fully saturated rings. The summed E-state index contributed by atoms with van der Waals surface area (Å²) in [5.41, 5.74) is 6.40. The second kappa shape index (κ2) is 4.85. The lowest BCUT2D eigenvalue weighted by Crippen LogP contribution is -2.18. The third-order valence-electron chi connectivity index (χ3n) is 1.86. The molecule has 14 heavy (non-hydrogen) atoms. The largest absolute Gasteiger partial charge is 0.349 e. The number of nitrogens with zero attached hydrogens (tertiary/aromatic N) is 2. The van der Waals surface area contributed by atoms with Crippen LogP contribution >= 0.6 is 11.6 Å². The average molecular weight is 210 g/mol. The van der Waals surface area contributed by atoms with Crippen molar-refractivity contribution >= 4 is 17.4 Å². The number of pyridine rings is 1.